The summed E-state index contributed by atoms with van der Waals surface area (Å²) in [6.45, 7) is 6.08. The summed E-state index contributed by atoms with van der Waals surface area (Å²) < 4.78 is 5.85. The zero-order valence-electron chi connectivity index (χ0n) is 13.1. The first-order chi connectivity index (χ1) is 10.0. The molecule has 2 aliphatic carbocycles. The van der Waals surface area contributed by atoms with E-state index in [-0.39, 0.29) is 24.0 Å². The highest BCUT2D eigenvalue weighted by Crippen LogP contribution is 2.54. The molecule has 0 radical (unpaired) electrons. The largest absolute Gasteiger partial charge is 0.491 e. The zero-order chi connectivity index (χ0) is 15.0. The van der Waals surface area contributed by atoms with Crippen LogP contribution in [-0.4, -0.2) is 12.0 Å². The van der Waals surface area contributed by atoms with Crippen molar-refractivity contribution >= 4 is 5.91 Å². The molecule has 114 valence electrons. The second kappa shape index (κ2) is 5.70. The molecule has 0 heterocycles. The number of amides is 1. The molecule has 1 amide bonds. The van der Waals surface area contributed by atoms with Crippen LogP contribution >= 0.6 is 0 Å². The van der Waals surface area contributed by atoms with Gasteiger partial charge in [0, 0.05) is 11.5 Å². The Hall–Kier alpha value is -1.51. The Labute approximate surface area is 127 Å². The Balaban J connectivity index is 1.64. The monoisotopic (exact) mass is 287 g/mol. The van der Waals surface area contributed by atoms with Crippen molar-refractivity contribution in [1.82, 2.24) is 5.32 Å². The Bertz CT molecular complexity index is 516. The summed E-state index contributed by atoms with van der Waals surface area (Å²) in [6.07, 6.45) is 3.67. The highest BCUT2D eigenvalue weighted by Gasteiger charge is 2.48. The van der Waals surface area contributed by atoms with Crippen molar-refractivity contribution in [2.45, 2.75) is 52.2 Å². The highest BCUT2D eigenvalue weighted by molar-refractivity contribution is 5.79. The molecule has 2 saturated carbocycles. The van der Waals surface area contributed by atoms with E-state index in [1.807, 2.05) is 45.0 Å². The third-order valence-electron chi connectivity index (χ3n) is 4.72. The molecule has 1 aromatic rings. The van der Waals surface area contributed by atoms with Gasteiger partial charge >= 0.3 is 0 Å². The number of ether oxygens (including phenoxy) is 1. The van der Waals surface area contributed by atoms with E-state index in [4.69, 9.17) is 4.74 Å². The number of nitrogens with one attached hydrogen (secondary N) is 1. The number of hydrogen-bond donors (Lipinski definition) is 1. The molecule has 3 heteroatoms. The van der Waals surface area contributed by atoms with Crippen LogP contribution < -0.4 is 10.1 Å². The van der Waals surface area contributed by atoms with Gasteiger partial charge in [0.1, 0.15) is 5.75 Å². The maximum absolute atomic E-state index is 12.4. The maximum atomic E-state index is 12.4. The number of para-hydroxylation sites is 1. The minimum Gasteiger partial charge on any atom is -0.491 e. The van der Waals surface area contributed by atoms with Crippen molar-refractivity contribution in [2.24, 2.45) is 17.8 Å². The second-order valence-corrected chi connectivity index (χ2v) is 6.86. The minimum atomic E-state index is -0.00984. The highest BCUT2D eigenvalue weighted by atomic mass is 16.5. The number of carbonyl (C=O) groups excluding carboxylic acids is 1. The van der Waals surface area contributed by atoms with Crippen molar-refractivity contribution < 1.29 is 9.53 Å². The van der Waals surface area contributed by atoms with E-state index in [0.29, 0.717) is 0 Å². The molecule has 0 aliphatic heterocycles. The number of benzene rings is 1. The van der Waals surface area contributed by atoms with Crippen LogP contribution in [0.25, 0.3) is 0 Å². The van der Waals surface area contributed by atoms with Crippen LogP contribution in [0.5, 0.6) is 5.75 Å². The molecule has 2 fully saturated rings. The molecule has 3 atom stereocenters. The van der Waals surface area contributed by atoms with Gasteiger partial charge in [-0.25, -0.2) is 0 Å². The van der Waals surface area contributed by atoms with E-state index in [2.05, 4.69) is 5.32 Å². The first-order valence-electron chi connectivity index (χ1n) is 8.10. The topological polar surface area (TPSA) is 38.3 Å². The van der Waals surface area contributed by atoms with E-state index in [1.54, 1.807) is 0 Å². The molecule has 3 rings (SSSR count). The Kier molecular flexibility index (Phi) is 3.92. The summed E-state index contributed by atoms with van der Waals surface area (Å²) >= 11 is 0. The molecule has 1 aromatic carbocycles. The van der Waals surface area contributed by atoms with Crippen molar-refractivity contribution in [3.8, 4) is 5.75 Å². The molecule has 2 aliphatic rings. The fraction of sp³-hybridized carbons (Fsp3) is 0.611. The summed E-state index contributed by atoms with van der Waals surface area (Å²) in [7, 11) is 0. The smallest absolute Gasteiger partial charge is 0.223 e. The van der Waals surface area contributed by atoms with Gasteiger partial charge in [0.25, 0.3) is 0 Å². The van der Waals surface area contributed by atoms with E-state index < -0.39 is 0 Å². The zero-order valence-corrected chi connectivity index (χ0v) is 13.1. The van der Waals surface area contributed by atoms with Gasteiger partial charge in [-0.2, -0.15) is 0 Å². The summed E-state index contributed by atoms with van der Waals surface area (Å²) in [5, 5.41) is 3.17. The van der Waals surface area contributed by atoms with E-state index in [1.165, 1.54) is 6.42 Å². The molecule has 0 spiro atoms. The Morgan fingerprint density at radius 3 is 2.48 bits per heavy atom. The van der Waals surface area contributed by atoms with E-state index in [9.17, 15) is 4.79 Å². The SMILES string of the molecule is CC(C)Oc1ccccc1C(C)NC(=O)C1CC2CC2C1. The van der Waals surface area contributed by atoms with E-state index in [0.717, 1.165) is 36.0 Å². The number of fused-ring (bicyclic) bond motifs is 1. The van der Waals surface area contributed by atoms with Crippen LogP contribution in [0.3, 0.4) is 0 Å². The molecule has 1 N–H and O–H groups in total. The van der Waals surface area contributed by atoms with Gasteiger partial charge in [-0.05, 0) is 57.9 Å². The van der Waals surface area contributed by atoms with Gasteiger partial charge in [0.05, 0.1) is 12.1 Å². The molecule has 0 saturated heterocycles. The molecule has 3 nitrogen and oxygen atoms in total. The average molecular weight is 287 g/mol. The van der Waals surface area contributed by atoms with Crippen molar-refractivity contribution in [3.05, 3.63) is 29.8 Å². The van der Waals surface area contributed by atoms with Crippen molar-refractivity contribution in [3.63, 3.8) is 0 Å². The lowest BCUT2D eigenvalue weighted by Gasteiger charge is -2.21. The minimum absolute atomic E-state index is 0.00984. The van der Waals surface area contributed by atoms with Crippen LogP contribution in [0.15, 0.2) is 24.3 Å². The quantitative estimate of drug-likeness (QED) is 0.896. The predicted octanol–water partition coefficient (Wildman–Crippen LogP) is 3.70. The summed E-state index contributed by atoms with van der Waals surface area (Å²) in [6, 6.07) is 7.97. The number of hydrogen-bond acceptors (Lipinski definition) is 2. The number of rotatable bonds is 5. The Morgan fingerprint density at radius 2 is 1.81 bits per heavy atom. The fourth-order valence-electron chi connectivity index (χ4n) is 3.54. The van der Waals surface area contributed by atoms with Crippen LogP contribution in [0, 0.1) is 17.8 Å². The van der Waals surface area contributed by atoms with Crippen LogP contribution in [0.1, 0.15) is 51.6 Å². The maximum Gasteiger partial charge on any atom is 0.223 e. The second-order valence-electron chi connectivity index (χ2n) is 6.86. The molecule has 3 unspecified atom stereocenters. The normalized spacial score (nSPS) is 28.1. The average Bonchev–Trinajstić information content (AvgIpc) is 3.05. The lowest BCUT2D eigenvalue weighted by molar-refractivity contribution is -0.125. The van der Waals surface area contributed by atoms with Crippen molar-refractivity contribution in [2.75, 3.05) is 0 Å². The van der Waals surface area contributed by atoms with Gasteiger partial charge in [-0.15, -0.1) is 0 Å². The molecular weight excluding hydrogens is 262 g/mol. The van der Waals surface area contributed by atoms with Crippen LogP contribution in [-0.2, 0) is 4.79 Å². The number of carbonyl (C=O) groups is 1. The van der Waals surface area contributed by atoms with Crippen LogP contribution in [0.2, 0.25) is 0 Å². The molecule has 21 heavy (non-hydrogen) atoms. The van der Waals surface area contributed by atoms with Gasteiger partial charge in [0.2, 0.25) is 5.91 Å². The van der Waals surface area contributed by atoms with Crippen molar-refractivity contribution in [1.29, 1.82) is 0 Å². The standard InChI is InChI=1S/C18H25NO2/c1-11(2)21-17-7-5-4-6-16(17)12(3)19-18(20)15-9-13-8-14(13)10-15/h4-7,11-15H,8-10H2,1-3H3,(H,19,20). The first kappa shape index (κ1) is 14.4. The summed E-state index contributed by atoms with van der Waals surface area (Å²) in [4.78, 5) is 12.4. The third-order valence-corrected chi connectivity index (χ3v) is 4.72. The summed E-state index contributed by atoms with van der Waals surface area (Å²) in [5.41, 5.74) is 1.06. The molecular formula is C18H25NO2. The lowest BCUT2D eigenvalue weighted by Crippen LogP contribution is -2.32. The lowest BCUT2D eigenvalue weighted by atomic mass is 10.0. The predicted molar refractivity (Wildman–Crippen MR) is 83.1 cm³/mol. The van der Waals surface area contributed by atoms with Crippen LogP contribution in [0.4, 0.5) is 0 Å². The van der Waals surface area contributed by atoms with Gasteiger partial charge in [-0.1, -0.05) is 18.2 Å². The summed E-state index contributed by atoms with van der Waals surface area (Å²) in [5.74, 6) is 3.00. The molecule has 0 bridgehead atoms. The molecule has 0 aromatic heterocycles. The third kappa shape index (κ3) is 3.22. The van der Waals surface area contributed by atoms with E-state index >= 15 is 0 Å². The van der Waals surface area contributed by atoms with Gasteiger partial charge in [0.15, 0.2) is 0 Å². The van der Waals surface area contributed by atoms with Gasteiger partial charge < -0.3 is 10.1 Å². The fourth-order valence-corrected chi connectivity index (χ4v) is 3.54. The first-order valence-corrected chi connectivity index (χ1v) is 8.10. The van der Waals surface area contributed by atoms with Gasteiger partial charge in [-0.3, -0.25) is 4.79 Å². The Morgan fingerprint density at radius 1 is 1.14 bits per heavy atom.